The zero-order chi connectivity index (χ0) is 11.5. The smallest absolute Gasteiger partial charge is 0.150 e. The number of aromatic hydroxyl groups is 1. The van der Waals surface area contributed by atoms with Crippen molar-refractivity contribution in [2.75, 3.05) is 0 Å². The van der Waals surface area contributed by atoms with Gasteiger partial charge in [-0.15, -0.1) is 4.91 Å². The minimum absolute atomic E-state index is 0.0677. The Kier molecular flexibility index (Phi) is 2.68. The van der Waals surface area contributed by atoms with Gasteiger partial charge < -0.3 is 5.11 Å². The van der Waals surface area contributed by atoms with Gasteiger partial charge in [0, 0.05) is 0 Å². The lowest BCUT2D eigenvalue weighted by Crippen LogP contribution is -1.78. The molecule has 0 bridgehead atoms. The van der Waals surface area contributed by atoms with Crippen LogP contribution in [0.3, 0.4) is 0 Å². The van der Waals surface area contributed by atoms with Gasteiger partial charge in [0.1, 0.15) is 11.4 Å². The predicted octanol–water partition coefficient (Wildman–Crippen LogP) is 3.77. The summed E-state index contributed by atoms with van der Waals surface area (Å²) in [6.07, 6.45) is 0. The van der Waals surface area contributed by atoms with Crippen LogP contribution in [0.25, 0.3) is 11.1 Å². The van der Waals surface area contributed by atoms with Crippen molar-refractivity contribution < 1.29 is 5.11 Å². The molecule has 0 aliphatic rings. The maximum absolute atomic E-state index is 10.5. The van der Waals surface area contributed by atoms with Crippen LogP contribution in [0.2, 0.25) is 0 Å². The van der Waals surface area contributed by atoms with Crippen molar-refractivity contribution in [1.82, 2.24) is 0 Å². The molecule has 0 saturated carbocycles. The van der Waals surface area contributed by atoms with Crippen LogP contribution in [-0.4, -0.2) is 5.11 Å². The third kappa shape index (κ3) is 1.93. The van der Waals surface area contributed by atoms with Gasteiger partial charge in [-0.25, -0.2) is 0 Å². The summed E-state index contributed by atoms with van der Waals surface area (Å²) >= 11 is 0. The van der Waals surface area contributed by atoms with Crippen LogP contribution in [0, 0.1) is 11.8 Å². The van der Waals surface area contributed by atoms with E-state index in [-0.39, 0.29) is 11.4 Å². The fourth-order valence-electron chi connectivity index (χ4n) is 1.52. The number of benzene rings is 2. The van der Waals surface area contributed by atoms with Crippen LogP contribution >= 0.6 is 0 Å². The molecule has 3 heteroatoms. The van der Waals surface area contributed by atoms with Gasteiger partial charge in [0.25, 0.3) is 0 Å². The van der Waals surface area contributed by atoms with E-state index in [0.717, 1.165) is 11.1 Å². The normalized spacial score (nSPS) is 10.1. The summed E-state index contributed by atoms with van der Waals surface area (Å²) in [7, 11) is 0. The zero-order valence-corrected chi connectivity index (χ0v) is 8.84. The van der Waals surface area contributed by atoms with E-state index in [1.807, 2.05) is 31.2 Å². The summed E-state index contributed by atoms with van der Waals surface area (Å²) < 4.78 is 0. The number of aryl methyl sites for hydroxylation is 1. The van der Waals surface area contributed by atoms with Gasteiger partial charge in [-0.2, -0.15) is 0 Å². The Morgan fingerprint density at radius 1 is 1.00 bits per heavy atom. The molecular formula is C13H11NO2. The zero-order valence-electron chi connectivity index (χ0n) is 8.84. The Hall–Kier alpha value is -2.16. The highest BCUT2D eigenvalue weighted by molar-refractivity contribution is 5.70. The third-order valence-corrected chi connectivity index (χ3v) is 2.46. The maximum Gasteiger partial charge on any atom is 0.150 e. The quantitative estimate of drug-likeness (QED) is 0.772. The number of hydrogen-bond acceptors (Lipinski definition) is 3. The van der Waals surface area contributed by atoms with E-state index in [9.17, 15) is 10.0 Å². The molecule has 0 amide bonds. The number of hydrogen-bond donors (Lipinski definition) is 1. The lowest BCUT2D eigenvalue weighted by molar-refractivity contribution is 0.477. The summed E-state index contributed by atoms with van der Waals surface area (Å²) in [5.74, 6) is -0.0918. The molecule has 0 unspecified atom stereocenters. The number of phenolic OH excluding ortho intramolecular Hbond substituents is 1. The minimum Gasteiger partial charge on any atom is -0.506 e. The Morgan fingerprint density at radius 3 is 2.25 bits per heavy atom. The highest BCUT2D eigenvalue weighted by atomic mass is 16.3. The average Bonchev–Trinajstić information content (AvgIpc) is 2.31. The Balaban J connectivity index is 2.48. The van der Waals surface area contributed by atoms with Gasteiger partial charge in [0.15, 0.2) is 0 Å². The number of nitroso groups, excluding NO2 is 1. The molecule has 0 saturated heterocycles. The molecule has 2 aromatic carbocycles. The molecule has 0 atom stereocenters. The van der Waals surface area contributed by atoms with E-state index in [2.05, 4.69) is 5.18 Å². The van der Waals surface area contributed by atoms with Gasteiger partial charge in [0.05, 0.1) is 0 Å². The fraction of sp³-hybridized carbons (Fsp3) is 0.0769. The monoisotopic (exact) mass is 213 g/mol. The largest absolute Gasteiger partial charge is 0.506 e. The number of phenols is 1. The first-order valence-corrected chi connectivity index (χ1v) is 4.94. The molecule has 0 fully saturated rings. The molecule has 0 radical (unpaired) electrons. The standard InChI is InChI=1S/C13H11NO2/c1-9-2-4-10(5-3-9)11-6-7-13(15)12(8-11)14-16/h2-8,15H,1H3. The first-order chi connectivity index (χ1) is 7.70. The molecule has 16 heavy (non-hydrogen) atoms. The first kappa shape index (κ1) is 10.4. The Bertz CT molecular complexity index is 518. The Morgan fingerprint density at radius 2 is 1.62 bits per heavy atom. The van der Waals surface area contributed by atoms with Gasteiger partial charge >= 0.3 is 0 Å². The van der Waals surface area contributed by atoms with E-state index in [1.165, 1.54) is 11.6 Å². The Labute approximate surface area is 93.3 Å². The summed E-state index contributed by atoms with van der Waals surface area (Å²) in [4.78, 5) is 10.5. The number of nitrogens with zero attached hydrogens (tertiary/aromatic N) is 1. The van der Waals surface area contributed by atoms with E-state index in [1.54, 1.807) is 12.1 Å². The molecule has 0 spiro atoms. The average molecular weight is 213 g/mol. The van der Waals surface area contributed by atoms with E-state index < -0.39 is 0 Å². The molecule has 2 rings (SSSR count). The van der Waals surface area contributed by atoms with Crippen LogP contribution in [0.1, 0.15) is 5.56 Å². The predicted molar refractivity (Wildman–Crippen MR) is 63.7 cm³/mol. The van der Waals surface area contributed by atoms with E-state index in [0.29, 0.717) is 0 Å². The summed E-state index contributed by atoms with van der Waals surface area (Å²) in [5.41, 5.74) is 3.11. The molecule has 0 aliphatic heterocycles. The molecule has 0 aliphatic carbocycles. The van der Waals surface area contributed by atoms with Crippen molar-refractivity contribution in [2.24, 2.45) is 5.18 Å². The van der Waals surface area contributed by atoms with Crippen LogP contribution in [0.5, 0.6) is 5.75 Å². The summed E-state index contributed by atoms with van der Waals surface area (Å²) in [6.45, 7) is 2.01. The molecule has 80 valence electrons. The second kappa shape index (κ2) is 4.14. The van der Waals surface area contributed by atoms with Gasteiger partial charge in [-0.3, -0.25) is 0 Å². The lowest BCUT2D eigenvalue weighted by atomic mass is 10.0. The topological polar surface area (TPSA) is 49.7 Å². The highest BCUT2D eigenvalue weighted by Crippen LogP contribution is 2.31. The second-order valence-electron chi connectivity index (χ2n) is 3.66. The van der Waals surface area contributed by atoms with Crippen molar-refractivity contribution in [2.45, 2.75) is 6.92 Å². The molecule has 3 nitrogen and oxygen atoms in total. The first-order valence-electron chi connectivity index (χ1n) is 4.94. The second-order valence-corrected chi connectivity index (χ2v) is 3.66. The van der Waals surface area contributed by atoms with Crippen molar-refractivity contribution in [3.63, 3.8) is 0 Å². The molecule has 0 aromatic heterocycles. The van der Waals surface area contributed by atoms with Crippen LogP contribution in [0.4, 0.5) is 5.69 Å². The van der Waals surface area contributed by atoms with Gasteiger partial charge in [0.2, 0.25) is 0 Å². The van der Waals surface area contributed by atoms with Crippen molar-refractivity contribution in [3.8, 4) is 16.9 Å². The molecule has 2 aromatic rings. The van der Waals surface area contributed by atoms with Crippen molar-refractivity contribution in [3.05, 3.63) is 52.9 Å². The van der Waals surface area contributed by atoms with Crippen LogP contribution < -0.4 is 0 Å². The summed E-state index contributed by atoms with van der Waals surface area (Å²) in [5, 5.41) is 12.1. The van der Waals surface area contributed by atoms with Crippen LogP contribution in [0.15, 0.2) is 47.6 Å². The van der Waals surface area contributed by atoms with Crippen molar-refractivity contribution >= 4 is 5.69 Å². The maximum atomic E-state index is 10.5. The summed E-state index contributed by atoms with van der Waals surface area (Å²) in [6, 6.07) is 12.7. The van der Waals surface area contributed by atoms with Gasteiger partial charge in [-0.05, 0) is 35.4 Å². The molecular weight excluding hydrogens is 202 g/mol. The van der Waals surface area contributed by atoms with Gasteiger partial charge in [-0.1, -0.05) is 35.9 Å². The highest BCUT2D eigenvalue weighted by Gasteiger charge is 2.04. The number of rotatable bonds is 2. The van der Waals surface area contributed by atoms with Crippen molar-refractivity contribution in [1.29, 1.82) is 0 Å². The SMILES string of the molecule is Cc1ccc(-c2ccc(O)c(N=O)c2)cc1. The van der Waals surface area contributed by atoms with E-state index >= 15 is 0 Å². The lowest BCUT2D eigenvalue weighted by Gasteiger charge is -2.03. The van der Waals surface area contributed by atoms with E-state index in [4.69, 9.17) is 0 Å². The fourth-order valence-corrected chi connectivity index (χ4v) is 1.52. The molecule has 0 heterocycles. The minimum atomic E-state index is -0.0918. The molecule has 1 N–H and O–H groups in total. The van der Waals surface area contributed by atoms with Crippen LogP contribution in [-0.2, 0) is 0 Å². The third-order valence-electron chi connectivity index (χ3n) is 2.46.